The summed E-state index contributed by atoms with van der Waals surface area (Å²) in [6, 6.07) is 0. The molecule has 1 heterocycles. The SMILES string of the molecule is CCC/C=C/CCCCCCCCCCCCCC1N=CC[N+]1(CC)CCO. The smallest absolute Gasteiger partial charge is 0.182 e. The van der Waals surface area contributed by atoms with Crippen molar-refractivity contribution >= 4 is 6.21 Å². The fourth-order valence-electron chi connectivity index (χ4n) is 4.46. The normalized spacial score (nSPS) is 21.9. The number of rotatable bonds is 19. The number of likely N-dealkylation sites (N-methyl/N-ethyl adjacent to an activating group) is 1. The first-order valence-corrected chi connectivity index (χ1v) is 12.4. The summed E-state index contributed by atoms with van der Waals surface area (Å²) in [5, 5.41) is 9.38. The number of hydrogen-bond acceptors (Lipinski definition) is 2. The number of hydrogen-bond donors (Lipinski definition) is 1. The van der Waals surface area contributed by atoms with E-state index in [1.54, 1.807) is 0 Å². The van der Waals surface area contributed by atoms with E-state index in [0.29, 0.717) is 6.17 Å². The average molecular weight is 394 g/mol. The standard InChI is InChI=1S/C25H49N2O/c1-3-5-6-7-8-9-10-11-12-13-14-15-16-17-18-19-20-25-26-21-22-27(25,4-2)23-24-28/h6-7,21,25,28H,3-5,8-20,22-24H2,1-2H3/q+1/b7-6+. The first kappa shape index (κ1) is 25.4. The summed E-state index contributed by atoms with van der Waals surface area (Å²) in [4.78, 5) is 4.72. The number of unbranched alkanes of at least 4 members (excludes halogenated alkanes) is 12. The number of allylic oxidation sites excluding steroid dienone is 2. The zero-order chi connectivity index (χ0) is 20.3. The minimum Gasteiger partial charge on any atom is -0.391 e. The third-order valence-corrected chi connectivity index (χ3v) is 6.49. The minimum absolute atomic E-state index is 0.281. The van der Waals surface area contributed by atoms with E-state index in [2.05, 4.69) is 32.2 Å². The van der Waals surface area contributed by atoms with Crippen LogP contribution < -0.4 is 0 Å². The molecule has 0 aliphatic carbocycles. The van der Waals surface area contributed by atoms with Gasteiger partial charge in [0.2, 0.25) is 0 Å². The maximum Gasteiger partial charge on any atom is 0.182 e. The van der Waals surface area contributed by atoms with Gasteiger partial charge < -0.3 is 5.11 Å². The van der Waals surface area contributed by atoms with Crippen LogP contribution in [0.5, 0.6) is 0 Å². The number of aliphatic imine (C=N–C) groups is 1. The Kier molecular flexibility index (Phi) is 15.6. The van der Waals surface area contributed by atoms with Gasteiger partial charge in [-0.15, -0.1) is 0 Å². The molecule has 1 aliphatic rings. The molecule has 0 fully saturated rings. The van der Waals surface area contributed by atoms with Crippen molar-refractivity contribution in [1.82, 2.24) is 0 Å². The topological polar surface area (TPSA) is 32.6 Å². The van der Waals surface area contributed by atoms with Gasteiger partial charge in [-0.05, 0) is 32.6 Å². The Morgan fingerprint density at radius 3 is 2.00 bits per heavy atom. The molecule has 2 atom stereocenters. The van der Waals surface area contributed by atoms with E-state index in [1.807, 2.05) is 0 Å². The van der Waals surface area contributed by atoms with Crippen LogP contribution in [-0.4, -0.2) is 48.2 Å². The van der Waals surface area contributed by atoms with Crippen LogP contribution in [0.15, 0.2) is 17.1 Å². The maximum absolute atomic E-state index is 9.38. The van der Waals surface area contributed by atoms with Gasteiger partial charge in [-0.3, -0.25) is 4.48 Å². The molecule has 0 aromatic heterocycles. The molecular weight excluding hydrogens is 344 g/mol. The van der Waals surface area contributed by atoms with E-state index in [9.17, 15) is 5.11 Å². The Morgan fingerprint density at radius 1 is 0.857 bits per heavy atom. The van der Waals surface area contributed by atoms with Gasteiger partial charge in [0, 0.05) is 6.42 Å². The average Bonchev–Trinajstić information content (AvgIpc) is 3.11. The second kappa shape index (κ2) is 17.2. The second-order valence-corrected chi connectivity index (χ2v) is 8.70. The van der Waals surface area contributed by atoms with Gasteiger partial charge in [0.1, 0.15) is 13.1 Å². The Labute approximate surface area is 175 Å². The molecule has 0 aromatic rings. The monoisotopic (exact) mass is 393 g/mol. The number of nitrogens with zero attached hydrogens (tertiary/aromatic N) is 2. The van der Waals surface area contributed by atoms with Crippen LogP contribution in [-0.2, 0) is 0 Å². The quantitative estimate of drug-likeness (QED) is 0.149. The molecule has 1 aliphatic heterocycles. The molecular formula is C25H49N2O+. The van der Waals surface area contributed by atoms with E-state index in [4.69, 9.17) is 4.99 Å². The predicted molar refractivity (Wildman–Crippen MR) is 124 cm³/mol. The summed E-state index contributed by atoms with van der Waals surface area (Å²) in [5.74, 6) is 0. The Balaban J connectivity index is 1.87. The van der Waals surface area contributed by atoms with Crippen LogP contribution in [0.25, 0.3) is 0 Å². The van der Waals surface area contributed by atoms with Crippen LogP contribution >= 0.6 is 0 Å². The molecule has 0 saturated heterocycles. The molecule has 3 nitrogen and oxygen atoms in total. The Morgan fingerprint density at radius 2 is 1.43 bits per heavy atom. The molecule has 0 amide bonds. The number of aliphatic hydroxyl groups excluding tert-OH is 1. The first-order chi connectivity index (χ1) is 13.8. The van der Waals surface area contributed by atoms with Crippen LogP contribution in [0.4, 0.5) is 0 Å². The van der Waals surface area contributed by atoms with E-state index < -0.39 is 0 Å². The van der Waals surface area contributed by atoms with Crippen molar-refractivity contribution in [1.29, 1.82) is 0 Å². The Bertz CT molecular complexity index is 407. The fourth-order valence-corrected chi connectivity index (χ4v) is 4.46. The molecule has 164 valence electrons. The van der Waals surface area contributed by atoms with Gasteiger partial charge in [0.05, 0.1) is 19.4 Å². The minimum atomic E-state index is 0.281. The van der Waals surface area contributed by atoms with Crippen molar-refractivity contribution in [3.8, 4) is 0 Å². The summed E-state index contributed by atoms with van der Waals surface area (Å²) in [6.07, 6.45) is 27.5. The lowest BCUT2D eigenvalue weighted by Gasteiger charge is -2.37. The van der Waals surface area contributed by atoms with Crippen molar-refractivity contribution in [2.75, 3.05) is 26.2 Å². The zero-order valence-electron chi connectivity index (χ0n) is 19.1. The molecule has 2 unspecified atom stereocenters. The maximum atomic E-state index is 9.38. The third kappa shape index (κ3) is 10.8. The molecule has 0 saturated carbocycles. The van der Waals surface area contributed by atoms with Gasteiger partial charge >= 0.3 is 0 Å². The van der Waals surface area contributed by atoms with Crippen molar-refractivity contribution < 1.29 is 9.59 Å². The molecule has 0 bridgehead atoms. The second-order valence-electron chi connectivity index (χ2n) is 8.70. The lowest BCUT2D eigenvalue weighted by atomic mass is 10.0. The third-order valence-electron chi connectivity index (χ3n) is 6.49. The van der Waals surface area contributed by atoms with E-state index in [1.165, 1.54) is 96.3 Å². The van der Waals surface area contributed by atoms with E-state index >= 15 is 0 Å². The molecule has 1 N–H and O–H groups in total. The van der Waals surface area contributed by atoms with Crippen molar-refractivity contribution in [2.45, 2.75) is 116 Å². The zero-order valence-corrected chi connectivity index (χ0v) is 19.1. The van der Waals surface area contributed by atoms with Crippen molar-refractivity contribution in [2.24, 2.45) is 4.99 Å². The lowest BCUT2D eigenvalue weighted by Crippen LogP contribution is -2.53. The van der Waals surface area contributed by atoms with E-state index in [0.717, 1.165) is 24.1 Å². The number of aliphatic hydroxyl groups is 1. The van der Waals surface area contributed by atoms with Crippen LogP contribution in [0.3, 0.4) is 0 Å². The molecule has 1 rings (SSSR count). The highest BCUT2D eigenvalue weighted by molar-refractivity contribution is 5.60. The summed E-state index contributed by atoms with van der Waals surface area (Å²) < 4.78 is 0.978. The van der Waals surface area contributed by atoms with Crippen LogP contribution in [0.2, 0.25) is 0 Å². The van der Waals surface area contributed by atoms with E-state index in [-0.39, 0.29) is 6.61 Å². The highest BCUT2D eigenvalue weighted by atomic mass is 16.3. The predicted octanol–water partition coefficient (Wildman–Crippen LogP) is 6.65. The van der Waals surface area contributed by atoms with Gasteiger partial charge in [-0.2, -0.15) is 0 Å². The van der Waals surface area contributed by atoms with Crippen LogP contribution in [0.1, 0.15) is 110 Å². The van der Waals surface area contributed by atoms with Gasteiger partial charge in [-0.25, -0.2) is 4.99 Å². The summed E-state index contributed by atoms with van der Waals surface area (Å²) in [6.45, 7) is 7.71. The molecule has 28 heavy (non-hydrogen) atoms. The van der Waals surface area contributed by atoms with Crippen molar-refractivity contribution in [3.63, 3.8) is 0 Å². The Hall–Kier alpha value is -0.670. The first-order valence-electron chi connectivity index (χ1n) is 12.4. The highest BCUT2D eigenvalue weighted by Crippen LogP contribution is 2.24. The summed E-state index contributed by atoms with van der Waals surface area (Å²) >= 11 is 0. The molecule has 0 spiro atoms. The lowest BCUT2D eigenvalue weighted by molar-refractivity contribution is -0.936. The largest absolute Gasteiger partial charge is 0.391 e. The highest BCUT2D eigenvalue weighted by Gasteiger charge is 2.36. The molecule has 0 radical (unpaired) electrons. The number of quaternary nitrogens is 1. The van der Waals surface area contributed by atoms with Gasteiger partial charge in [-0.1, -0.05) is 83.3 Å². The van der Waals surface area contributed by atoms with Crippen molar-refractivity contribution in [3.05, 3.63) is 12.2 Å². The fraction of sp³-hybridized carbons (Fsp3) is 0.880. The molecule has 3 heteroatoms. The van der Waals surface area contributed by atoms with Gasteiger partial charge in [0.15, 0.2) is 6.17 Å². The molecule has 0 aromatic carbocycles. The van der Waals surface area contributed by atoms with Gasteiger partial charge in [0.25, 0.3) is 0 Å². The van der Waals surface area contributed by atoms with Crippen LogP contribution in [0, 0.1) is 0 Å². The summed E-state index contributed by atoms with van der Waals surface area (Å²) in [5.41, 5.74) is 0. The summed E-state index contributed by atoms with van der Waals surface area (Å²) in [7, 11) is 0.